The molecular formula is C20H23NO2S. The van der Waals surface area contributed by atoms with Crippen LogP contribution in [0.25, 0.3) is 0 Å². The number of rotatable bonds is 4. The van der Waals surface area contributed by atoms with Crippen LogP contribution in [0.15, 0.2) is 53.4 Å². The van der Waals surface area contributed by atoms with Gasteiger partial charge in [0.15, 0.2) is 0 Å². The van der Waals surface area contributed by atoms with Crippen molar-refractivity contribution in [3.05, 3.63) is 65.2 Å². The summed E-state index contributed by atoms with van der Waals surface area (Å²) in [5.41, 5.74) is 2.86. The van der Waals surface area contributed by atoms with Gasteiger partial charge in [0, 0.05) is 28.8 Å². The maximum Gasteiger partial charge on any atom is 0.253 e. The maximum absolute atomic E-state index is 12.6. The summed E-state index contributed by atoms with van der Waals surface area (Å²) in [5.74, 6) is 0.0961. The number of nitrogens with zero attached hydrogens (tertiary/aromatic N) is 1. The first-order chi connectivity index (χ1) is 11.7. The molecule has 0 saturated carbocycles. The largest absolute Gasteiger partial charge is 0.392 e. The summed E-state index contributed by atoms with van der Waals surface area (Å²) in [6.07, 6.45) is 2.05. The number of amides is 1. The van der Waals surface area contributed by atoms with Crippen LogP contribution in [-0.2, 0) is 6.61 Å². The topological polar surface area (TPSA) is 40.5 Å². The molecule has 1 saturated heterocycles. The SMILES string of the molecule is Cc1ccccc1SC1CCN(C(=O)c2ccc(CO)cc2)CC1. The minimum Gasteiger partial charge on any atom is -0.392 e. The monoisotopic (exact) mass is 341 g/mol. The van der Waals surface area contributed by atoms with Crippen LogP contribution in [0.3, 0.4) is 0 Å². The lowest BCUT2D eigenvalue weighted by Crippen LogP contribution is -2.39. The molecule has 4 heteroatoms. The van der Waals surface area contributed by atoms with Gasteiger partial charge in [-0.15, -0.1) is 11.8 Å². The minimum absolute atomic E-state index is 0.00991. The van der Waals surface area contributed by atoms with E-state index in [4.69, 9.17) is 5.11 Å². The van der Waals surface area contributed by atoms with Crippen molar-refractivity contribution in [3.63, 3.8) is 0 Å². The van der Waals surface area contributed by atoms with Crippen LogP contribution in [0.2, 0.25) is 0 Å². The zero-order chi connectivity index (χ0) is 16.9. The lowest BCUT2D eigenvalue weighted by Gasteiger charge is -2.32. The van der Waals surface area contributed by atoms with Crippen molar-refractivity contribution in [1.82, 2.24) is 4.90 Å². The van der Waals surface area contributed by atoms with Crippen molar-refractivity contribution in [3.8, 4) is 0 Å². The fraction of sp³-hybridized carbons (Fsp3) is 0.350. The van der Waals surface area contributed by atoms with Crippen LogP contribution in [0.4, 0.5) is 0 Å². The van der Waals surface area contributed by atoms with Gasteiger partial charge in [0.25, 0.3) is 5.91 Å². The predicted octanol–water partition coefficient (Wildman–Crippen LogP) is 3.88. The van der Waals surface area contributed by atoms with Gasteiger partial charge in [-0.05, 0) is 49.1 Å². The number of aliphatic hydroxyl groups is 1. The normalized spacial score (nSPS) is 15.5. The molecule has 24 heavy (non-hydrogen) atoms. The molecule has 0 bridgehead atoms. The fourth-order valence-electron chi connectivity index (χ4n) is 2.98. The first-order valence-corrected chi connectivity index (χ1v) is 9.26. The van der Waals surface area contributed by atoms with E-state index in [1.165, 1.54) is 10.5 Å². The van der Waals surface area contributed by atoms with Gasteiger partial charge in [-0.3, -0.25) is 4.79 Å². The lowest BCUT2D eigenvalue weighted by atomic mass is 10.1. The molecule has 3 nitrogen and oxygen atoms in total. The molecule has 0 unspecified atom stereocenters. The van der Waals surface area contributed by atoms with Crippen molar-refractivity contribution in [2.75, 3.05) is 13.1 Å². The summed E-state index contributed by atoms with van der Waals surface area (Å²) in [7, 11) is 0. The Hall–Kier alpha value is -1.78. The Labute approximate surface area is 147 Å². The van der Waals surface area contributed by atoms with Crippen molar-refractivity contribution in [2.45, 2.75) is 36.5 Å². The van der Waals surface area contributed by atoms with E-state index >= 15 is 0 Å². The highest BCUT2D eigenvalue weighted by atomic mass is 32.2. The Morgan fingerprint density at radius 1 is 1.12 bits per heavy atom. The summed E-state index contributed by atoms with van der Waals surface area (Å²) in [6.45, 7) is 3.78. The number of hydrogen-bond acceptors (Lipinski definition) is 3. The maximum atomic E-state index is 12.6. The first-order valence-electron chi connectivity index (χ1n) is 8.39. The number of likely N-dealkylation sites (tertiary alicyclic amines) is 1. The standard InChI is InChI=1S/C20H23NO2S/c1-15-4-2-3-5-19(15)24-18-10-12-21(13-11-18)20(23)17-8-6-16(14-22)7-9-17/h2-9,18,22H,10-14H2,1H3. The van der Waals surface area contributed by atoms with Crippen LogP contribution >= 0.6 is 11.8 Å². The van der Waals surface area contributed by atoms with Gasteiger partial charge >= 0.3 is 0 Å². The van der Waals surface area contributed by atoms with Gasteiger partial charge in [0.2, 0.25) is 0 Å². The molecule has 0 radical (unpaired) electrons. The van der Waals surface area contributed by atoms with E-state index in [0.29, 0.717) is 10.8 Å². The van der Waals surface area contributed by atoms with Crippen LogP contribution in [0.1, 0.15) is 34.3 Å². The van der Waals surface area contributed by atoms with E-state index in [1.807, 2.05) is 40.9 Å². The fourth-order valence-corrected chi connectivity index (χ4v) is 4.20. The Balaban J connectivity index is 1.56. The molecule has 1 heterocycles. The quantitative estimate of drug-likeness (QED) is 0.917. The molecule has 2 aromatic rings. The molecule has 0 aliphatic carbocycles. The minimum atomic E-state index is 0.00991. The Morgan fingerprint density at radius 2 is 1.79 bits per heavy atom. The average Bonchev–Trinajstić information content (AvgIpc) is 2.64. The van der Waals surface area contributed by atoms with E-state index in [2.05, 4.69) is 31.2 Å². The van der Waals surface area contributed by atoms with E-state index in [9.17, 15) is 4.79 Å². The van der Waals surface area contributed by atoms with Crippen LogP contribution < -0.4 is 0 Å². The van der Waals surface area contributed by atoms with Gasteiger partial charge in [-0.1, -0.05) is 30.3 Å². The van der Waals surface area contributed by atoms with E-state index in [0.717, 1.165) is 31.5 Å². The third-order valence-corrected chi connectivity index (χ3v) is 6.02. The molecule has 1 N–H and O–H groups in total. The first kappa shape index (κ1) is 17.1. The van der Waals surface area contributed by atoms with Crippen LogP contribution in [0, 0.1) is 6.92 Å². The number of thioether (sulfide) groups is 1. The highest BCUT2D eigenvalue weighted by molar-refractivity contribution is 8.00. The van der Waals surface area contributed by atoms with Gasteiger partial charge < -0.3 is 10.0 Å². The van der Waals surface area contributed by atoms with Gasteiger partial charge in [-0.2, -0.15) is 0 Å². The molecule has 1 aliphatic rings. The number of carbonyl (C=O) groups is 1. The van der Waals surface area contributed by atoms with Crippen molar-refractivity contribution >= 4 is 17.7 Å². The number of aryl methyl sites for hydroxylation is 1. The zero-order valence-corrected chi connectivity index (χ0v) is 14.8. The molecular weight excluding hydrogens is 318 g/mol. The second-order valence-electron chi connectivity index (χ2n) is 6.23. The number of piperidine rings is 1. The van der Waals surface area contributed by atoms with Crippen molar-refractivity contribution in [1.29, 1.82) is 0 Å². The van der Waals surface area contributed by atoms with Gasteiger partial charge in [0.05, 0.1) is 6.61 Å². The van der Waals surface area contributed by atoms with Crippen LogP contribution in [0.5, 0.6) is 0 Å². The van der Waals surface area contributed by atoms with E-state index in [-0.39, 0.29) is 12.5 Å². The molecule has 3 rings (SSSR count). The third kappa shape index (κ3) is 4.00. The average molecular weight is 341 g/mol. The highest BCUT2D eigenvalue weighted by Crippen LogP contribution is 2.32. The van der Waals surface area contributed by atoms with Crippen molar-refractivity contribution in [2.24, 2.45) is 0 Å². The molecule has 1 amide bonds. The summed E-state index contributed by atoms with van der Waals surface area (Å²) in [4.78, 5) is 15.9. The molecule has 126 valence electrons. The summed E-state index contributed by atoms with van der Waals surface area (Å²) in [6, 6.07) is 15.7. The Kier molecular flexibility index (Phi) is 5.59. The second kappa shape index (κ2) is 7.86. The second-order valence-corrected chi connectivity index (χ2v) is 7.57. The van der Waals surface area contributed by atoms with E-state index < -0.39 is 0 Å². The van der Waals surface area contributed by atoms with Crippen LogP contribution in [-0.4, -0.2) is 34.3 Å². The number of hydrogen-bond donors (Lipinski definition) is 1. The predicted molar refractivity (Wildman–Crippen MR) is 98.3 cm³/mol. The molecule has 0 aromatic heterocycles. The molecule has 1 aliphatic heterocycles. The van der Waals surface area contributed by atoms with Crippen molar-refractivity contribution < 1.29 is 9.90 Å². The Morgan fingerprint density at radius 3 is 2.42 bits per heavy atom. The zero-order valence-electron chi connectivity index (χ0n) is 13.9. The smallest absolute Gasteiger partial charge is 0.253 e. The number of aliphatic hydroxyl groups excluding tert-OH is 1. The molecule has 0 spiro atoms. The number of carbonyl (C=O) groups excluding carboxylic acids is 1. The third-order valence-electron chi connectivity index (χ3n) is 4.50. The molecule has 0 atom stereocenters. The number of benzene rings is 2. The summed E-state index contributed by atoms with van der Waals surface area (Å²) in [5, 5.41) is 9.66. The molecule has 2 aromatic carbocycles. The van der Waals surface area contributed by atoms with Gasteiger partial charge in [0.1, 0.15) is 0 Å². The van der Waals surface area contributed by atoms with E-state index in [1.54, 1.807) is 0 Å². The highest BCUT2D eigenvalue weighted by Gasteiger charge is 2.24. The van der Waals surface area contributed by atoms with Gasteiger partial charge in [-0.25, -0.2) is 0 Å². The summed E-state index contributed by atoms with van der Waals surface area (Å²) < 4.78 is 0. The molecule has 1 fully saturated rings. The summed E-state index contributed by atoms with van der Waals surface area (Å²) >= 11 is 1.94. The Bertz CT molecular complexity index is 691. The lowest BCUT2D eigenvalue weighted by molar-refractivity contribution is 0.0727.